The summed E-state index contributed by atoms with van der Waals surface area (Å²) in [5, 5.41) is 10.2. The van der Waals surface area contributed by atoms with Gasteiger partial charge < -0.3 is 9.84 Å². The monoisotopic (exact) mass is 331 g/mol. The van der Waals surface area contributed by atoms with Gasteiger partial charge in [-0.2, -0.15) is 0 Å². The van der Waals surface area contributed by atoms with Gasteiger partial charge in [0.2, 0.25) is 0 Å². The van der Waals surface area contributed by atoms with Crippen molar-refractivity contribution in [2.24, 2.45) is 0 Å². The van der Waals surface area contributed by atoms with E-state index in [-0.39, 0.29) is 17.9 Å². The summed E-state index contributed by atoms with van der Waals surface area (Å²) in [6, 6.07) is 8.22. The fourth-order valence-corrected chi connectivity index (χ4v) is 3.41. The number of aliphatic hydroxyl groups excluding tert-OH is 1. The normalized spacial score (nSPS) is 36.1. The van der Waals surface area contributed by atoms with Crippen molar-refractivity contribution < 1.29 is 9.84 Å². The van der Waals surface area contributed by atoms with Crippen LogP contribution in [0.4, 0.5) is 0 Å². The third kappa shape index (κ3) is 1.30. The molecule has 0 radical (unpaired) electrons. The Bertz CT molecular complexity index is 435. The zero-order valence-electron chi connectivity index (χ0n) is 9.22. The van der Waals surface area contributed by atoms with E-state index in [0.717, 1.165) is 5.56 Å². The maximum atomic E-state index is 10.2. The molecule has 2 aliphatic rings. The highest BCUT2D eigenvalue weighted by Gasteiger charge is 2.54. The number of hydrogen-bond acceptors (Lipinski definition) is 3. The van der Waals surface area contributed by atoms with Crippen molar-refractivity contribution in [2.75, 3.05) is 0 Å². The Hall–Kier alpha value is -0.170. The minimum Gasteiger partial charge on any atom is -0.386 e. The van der Waals surface area contributed by atoms with Gasteiger partial charge in [0.25, 0.3) is 0 Å². The summed E-state index contributed by atoms with van der Waals surface area (Å²) in [4.78, 5) is 0. The number of halogens is 1. The van der Waals surface area contributed by atoms with Crippen LogP contribution in [0, 0.1) is 0 Å². The summed E-state index contributed by atoms with van der Waals surface area (Å²) >= 11 is 2.30. The lowest BCUT2D eigenvalue weighted by atomic mass is 10.1. The summed E-state index contributed by atoms with van der Waals surface area (Å²) in [6.45, 7) is 4.07. The van der Waals surface area contributed by atoms with Crippen molar-refractivity contribution in [3.8, 4) is 0 Å². The van der Waals surface area contributed by atoms with Gasteiger partial charge in [0.15, 0.2) is 0 Å². The fourth-order valence-electron chi connectivity index (χ4n) is 2.67. The molecule has 1 saturated heterocycles. The van der Waals surface area contributed by atoms with E-state index in [1.54, 1.807) is 0 Å². The Morgan fingerprint density at radius 2 is 1.94 bits per heavy atom. The number of fused-ring (bicyclic) bond motifs is 3. The highest BCUT2D eigenvalue weighted by molar-refractivity contribution is 14.1. The van der Waals surface area contributed by atoms with E-state index in [4.69, 9.17) is 4.74 Å². The van der Waals surface area contributed by atoms with Crippen LogP contribution in [-0.2, 0) is 4.74 Å². The zero-order chi connectivity index (χ0) is 11.5. The van der Waals surface area contributed by atoms with E-state index < -0.39 is 6.10 Å². The van der Waals surface area contributed by atoms with Crippen molar-refractivity contribution in [1.82, 2.24) is 3.11 Å². The first-order valence-electron chi connectivity index (χ1n) is 5.42. The minimum absolute atomic E-state index is 0.135. The van der Waals surface area contributed by atoms with Crippen LogP contribution >= 0.6 is 22.9 Å². The molecule has 0 saturated carbocycles. The van der Waals surface area contributed by atoms with Crippen LogP contribution < -0.4 is 0 Å². The molecule has 1 aromatic rings. The fraction of sp³-hybridized carbons (Fsp3) is 0.500. The van der Waals surface area contributed by atoms with E-state index in [2.05, 4.69) is 32.0 Å². The van der Waals surface area contributed by atoms with Crippen LogP contribution in [0.1, 0.15) is 37.1 Å². The standard InChI is InChI=1S/C12H14INO2/c1-12(2)14(13)9-7-5-3-4-6-8(7)10(15)11(9)16-12/h3-6,9-11,15H,1-2H3/t9-,10+,11-/m0/s1. The summed E-state index contributed by atoms with van der Waals surface area (Å²) in [5.74, 6) is 0. The largest absolute Gasteiger partial charge is 0.386 e. The predicted octanol–water partition coefficient (Wildman–Crippen LogP) is 2.56. The minimum atomic E-state index is -0.500. The lowest BCUT2D eigenvalue weighted by Gasteiger charge is -2.27. The van der Waals surface area contributed by atoms with Gasteiger partial charge in [-0.25, -0.2) is 3.11 Å². The smallest absolute Gasteiger partial charge is 0.125 e. The van der Waals surface area contributed by atoms with Crippen LogP contribution in [0.5, 0.6) is 0 Å². The van der Waals surface area contributed by atoms with Gasteiger partial charge >= 0.3 is 0 Å². The third-order valence-electron chi connectivity index (χ3n) is 3.44. The lowest BCUT2D eigenvalue weighted by Crippen LogP contribution is -2.32. The average molecular weight is 331 g/mol. The second-order valence-electron chi connectivity index (χ2n) is 4.86. The topological polar surface area (TPSA) is 32.7 Å². The van der Waals surface area contributed by atoms with Gasteiger partial charge in [-0.15, -0.1) is 0 Å². The Morgan fingerprint density at radius 1 is 1.31 bits per heavy atom. The van der Waals surface area contributed by atoms with Crippen LogP contribution in [0.15, 0.2) is 24.3 Å². The molecule has 0 amide bonds. The van der Waals surface area contributed by atoms with Crippen molar-refractivity contribution in [3.63, 3.8) is 0 Å². The van der Waals surface area contributed by atoms with Gasteiger partial charge in [0.05, 0.1) is 6.04 Å². The predicted molar refractivity (Wildman–Crippen MR) is 69.0 cm³/mol. The van der Waals surface area contributed by atoms with Crippen LogP contribution in [0.25, 0.3) is 0 Å². The molecule has 0 spiro atoms. The first-order valence-corrected chi connectivity index (χ1v) is 6.39. The SMILES string of the molecule is CC1(C)O[C@@H]2[C@H](O)c3ccccc3[C@@H]2N1I. The van der Waals surface area contributed by atoms with E-state index in [0.29, 0.717) is 0 Å². The second kappa shape index (κ2) is 3.41. The quantitative estimate of drug-likeness (QED) is 0.586. The molecule has 0 aromatic heterocycles. The van der Waals surface area contributed by atoms with Gasteiger partial charge in [0.1, 0.15) is 17.9 Å². The highest BCUT2D eigenvalue weighted by Crippen LogP contribution is 2.53. The lowest BCUT2D eigenvalue weighted by molar-refractivity contribution is -0.0841. The van der Waals surface area contributed by atoms with Gasteiger partial charge in [-0.05, 0) is 25.0 Å². The Kier molecular flexibility index (Phi) is 2.34. The van der Waals surface area contributed by atoms with E-state index >= 15 is 0 Å². The van der Waals surface area contributed by atoms with Gasteiger partial charge in [-0.1, -0.05) is 24.3 Å². The van der Waals surface area contributed by atoms with Crippen LogP contribution in [0.3, 0.4) is 0 Å². The van der Waals surface area contributed by atoms with Gasteiger partial charge in [0, 0.05) is 22.9 Å². The van der Waals surface area contributed by atoms with Crippen molar-refractivity contribution in [3.05, 3.63) is 35.4 Å². The molecular weight excluding hydrogens is 317 g/mol. The molecule has 0 bridgehead atoms. The summed E-state index contributed by atoms with van der Waals surface area (Å²) < 4.78 is 8.12. The summed E-state index contributed by atoms with van der Waals surface area (Å²) in [6.07, 6.45) is -0.635. The van der Waals surface area contributed by atoms with Crippen LogP contribution in [-0.4, -0.2) is 20.0 Å². The number of rotatable bonds is 0. The number of aliphatic hydroxyl groups is 1. The molecule has 1 aliphatic carbocycles. The van der Waals surface area contributed by atoms with Crippen LogP contribution in [0.2, 0.25) is 0 Å². The van der Waals surface area contributed by atoms with Crippen molar-refractivity contribution >= 4 is 22.9 Å². The number of benzene rings is 1. The Morgan fingerprint density at radius 3 is 2.62 bits per heavy atom. The van der Waals surface area contributed by atoms with E-state index in [1.165, 1.54) is 5.56 Å². The van der Waals surface area contributed by atoms with Crippen molar-refractivity contribution in [2.45, 2.75) is 37.8 Å². The molecule has 4 heteroatoms. The average Bonchev–Trinajstić information content (AvgIpc) is 2.64. The van der Waals surface area contributed by atoms with Gasteiger partial charge in [-0.3, -0.25) is 0 Å². The molecular formula is C12H14INO2. The molecule has 1 aromatic carbocycles. The molecule has 86 valence electrons. The second-order valence-corrected chi connectivity index (χ2v) is 5.90. The first kappa shape index (κ1) is 11.0. The Labute approximate surface area is 109 Å². The summed E-state index contributed by atoms with van der Waals surface area (Å²) in [5.41, 5.74) is 1.89. The summed E-state index contributed by atoms with van der Waals surface area (Å²) in [7, 11) is 0. The van der Waals surface area contributed by atoms with Crippen molar-refractivity contribution in [1.29, 1.82) is 0 Å². The highest BCUT2D eigenvalue weighted by atomic mass is 127. The van der Waals surface area contributed by atoms with E-state index in [1.807, 2.05) is 32.0 Å². The molecule has 1 aliphatic heterocycles. The number of hydrogen-bond donors (Lipinski definition) is 1. The van der Waals surface area contributed by atoms with E-state index in [9.17, 15) is 5.11 Å². The first-order chi connectivity index (χ1) is 7.52. The zero-order valence-corrected chi connectivity index (χ0v) is 11.4. The molecule has 3 nitrogen and oxygen atoms in total. The maximum Gasteiger partial charge on any atom is 0.125 e. The maximum absolute atomic E-state index is 10.2. The molecule has 1 fully saturated rings. The molecule has 3 rings (SSSR count). The molecule has 3 atom stereocenters. The number of nitrogens with zero attached hydrogens (tertiary/aromatic N) is 1. The third-order valence-corrected chi connectivity index (χ3v) is 5.20. The molecule has 1 N–H and O–H groups in total. The molecule has 1 heterocycles. The molecule has 16 heavy (non-hydrogen) atoms. The molecule has 0 unspecified atom stereocenters. The number of ether oxygens (including phenoxy) is 1. The Balaban J connectivity index is 2.10.